The van der Waals surface area contributed by atoms with Gasteiger partial charge in [0.1, 0.15) is 5.75 Å². The second-order valence-electron chi connectivity index (χ2n) is 6.48. The molecule has 5 nitrogen and oxygen atoms in total. The largest absolute Gasteiger partial charge is 0.497 e. The Hall–Kier alpha value is -2.24. The standard InChI is InChI=1S/C20H24ClN3O2/c1-26-18-7-4-6-17(13-18)24-11-9-23(10-12-24)15-20(25)22-14-16-5-2-3-8-19(16)21/h2-8,13H,9-12,14-15H2,1H3,(H,22,25)/p+1. The third kappa shape index (κ3) is 4.90. The van der Waals surface area contributed by atoms with Crippen LogP contribution in [0.5, 0.6) is 5.75 Å². The number of amides is 1. The molecule has 1 amide bonds. The highest BCUT2D eigenvalue weighted by Crippen LogP contribution is 2.20. The minimum Gasteiger partial charge on any atom is -0.497 e. The van der Waals surface area contributed by atoms with Gasteiger partial charge in [-0.15, -0.1) is 0 Å². The van der Waals surface area contributed by atoms with Crippen molar-refractivity contribution in [1.29, 1.82) is 0 Å². The predicted octanol–water partition coefficient (Wildman–Crippen LogP) is 1.37. The van der Waals surface area contributed by atoms with Crippen molar-refractivity contribution in [2.24, 2.45) is 0 Å². The van der Waals surface area contributed by atoms with Crippen molar-refractivity contribution in [1.82, 2.24) is 5.32 Å². The van der Waals surface area contributed by atoms with Crippen molar-refractivity contribution in [3.8, 4) is 5.75 Å². The van der Waals surface area contributed by atoms with Gasteiger partial charge in [-0.2, -0.15) is 0 Å². The molecule has 2 aromatic rings. The van der Waals surface area contributed by atoms with Gasteiger partial charge < -0.3 is 19.9 Å². The number of anilines is 1. The molecule has 0 aromatic heterocycles. The first-order valence-electron chi connectivity index (χ1n) is 8.88. The fourth-order valence-electron chi connectivity index (χ4n) is 3.19. The molecule has 1 heterocycles. The highest BCUT2D eigenvalue weighted by Gasteiger charge is 2.22. The summed E-state index contributed by atoms with van der Waals surface area (Å²) >= 11 is 6.12. The Balaban J connectivity index is 1.44. The molecular weight excluding hydrogens is 350 g/mol. The monoisotopic (exact) mass is 374 g/mol. The van der Waals surface area contributed by atoms with Crippen LogP contribution in [0.25, 0.3) is 0 Å². The lowest BCUT2D eigenvalue weighted by Gasteiger charge is -2.33. The van der Waals surface area contributed by atoms with Gasteiger partial charge in [-0.25, -0.2) is 0 Å². The molecule has 2 N–H and O–H groups in total. The van der Waals surface area contributed by atoms with Gasteiger partial charge in [0, 0.05) is 23.3 Å². The van der Waals surface area contributed by atoms with Crippen LogP contribution in [0.15, 0.2) is 48.5 Å². The molecule has 0 aliphatic carbocycles. The molecular formula is C20H25ClN3O2+. The number of carbonyl (C=O) groups is 1. The molecule has 3 rings (SSSR count). The zero-order valence-electron chi connectivity index (χ0n) is 15.0. The lowest BCUT2D eigenvalue weighted by Crippen LogP contribution is -3.15. The summed E-state index contributed by atoms with van der Waals surface area (Å²) in [7, 11) is 1.68. The number of hydrogen-bond donors (Lipinski definition) is 2. The molecule has 1 aliphatic rings. The van der Waals surface area contributed by atoms with Crippen LogP contribution in [0, 0.1) is 0 Å². The van der Waals surface area contributed by atoms with Gasteiger partial charge in [0.15, 0.2) is 6.54 Å². The van der Waals surface area contributed by atoms with E-state index in [1.165, 1.54) is 10.6 Å². The van der Waals surface area contributed by atoms with Gasteiger partial charge >= 0.3 is 0 Å². The Morgan fingerprint density at radius 2 is 1.96 bits per heavy atom. The van der Waals surface area contributed by atoms with Gasteiger partial charge in [0.05, 0.1) is 33.3 Å². The van der Waals surface area contributed by atoms with Gasteiger partial charge in [-0.3, -0.25) is 4.79 Å². The number of rotatable bonds is 6. The second-order valence-corrected chi connectivity index (χ2v) is 6.89. The van der Waals surface area contributed by atoms with Crippen molar-refractivity contribution in [2.75, 3.05) is 44.7 Å². The highest BCUT2D eigenvalue weighted by atomic mass is 35.5. The van der Waals surface area contributed by atoms with E-state index in [0.717, 1.165) is 37.5 Å². The van der Waals surface area contributed by atoms with E-state index in [0.29, 0.717) is 18.1 Å². The first-order chi connectivity index (χ1) is 12.7. The van der Waals surface area contributed by atoms with Gasteiger partial charge in [0.25, 0.3) is 5.91 Å². The quantitative estimate of drug-likeness (QED) is 0.802. The normalized spacial score (nSPS) is 14.9. The Morgan fingerprint density at radius 3 is 2.69 bits per heavy atom. The minimum atomic E-state index is 0.0646. The van der Waals surface area contributed by atoms with Crippen LogP contribution in [0.2, 0.25) is 5.02 Å². The number of quaternary nitrogens is 1. The molecule has 0 spiro atoms. The van der Waals surface area contributed by atoms with E-state index in [2.05, 4.69) is 22.3 Å². The lowest BCUT2D eigenvalue weighted by atomic mass is 10.2. The van der Waals surface area contributed by atoms with E-state index < -0.39 is 0 Å². The fraction of sp³-hybridized carbons (Fsp3) is 0.350. The van der Waals surface area contributed by atoms with E-state index in [1.54, 1.807) is 7.11 Å². The van der Waals surface area contributed by atoms with E-state index in [-0.39, 0.29) is 5.91 Å². The van der Waals surface area contributed by atoms with Crippen LogP contribution in [0.1, 0.15) is 5.56 Å². The van der Waals surface area contributed by atoms with Gasteiger partial charge in [-0.1, -0.05) is 35.9 Å². The molecule has 0 bridgehead atoms. The second kappa shape index (κ2) is 8.92. The fourth-order valence-corrected chi connectivity index (χ4v) is 3.39. The summed E-state index contributed by atoms with van der Waals surface area (Å²) in [4.78, 5) is 15.9. The first-order valence-corrected chi connectivity index (χ1v) is 9.26. The zero-order valence-corrected chi connectivity index (χ0v) is 15.8. The SMILES string of the molecule is COc1cccc(N2CC[NH+](CC(=O)NCc3ccccc3Cl)CC2)c1. The molecule has 6 heteroatoms. The zero-order chi connectivity index (χ0) is 18.4. The number of nitrogens with zero attached hydrogens (tertiary/aromatic N) is 1. The van der Waals surface area contributed by atoms with Crippen molar-refractivity contribution in [3.63, 3.8) is 0 Å². The van der Waals surface area contributed by atoms with Crippen LogP contribution in [-0.2, 0) is 11.3 Å². The van der Waals surface area contributed by atoms with Gasteiger partial charge in [0.2, 0.25) is 0 Å². The van der Waals surface area contributed by atoms with E-state index in [4.69, 9.17) is 16.3 Å². The number of piperazine rings is 1. The minimum absolute atomic E-state index is 0.0646. The van der Waals surface area contributed by atoms with Crippen molar-refractivity contribution < 1.29 is 14.4 Å². The Kier molecular flexibility index (Phi) is 6.36. The Morgan fingerprint density at radius 1 is 1.19 bits per heavy atom. The average molecular weight is 375 g/mol. The summed E-state index contributed by atoms with van der Waals surface area (Å²) in [6, 6.07) is 15.7. The van der Waals surface area contributed by atoms with Crippen molar-refractivity contribution in [2.45, 2.75) is 6.54 Å². The average Bonchev–Trinajstić information content (AvgIpc) is 2.68. The van der Waals surface area contributed by atoms with Gasteiger partial charge in [-0.05, 0) is 23.8 Å². The maximum absolute atomic E-state index is 12.2. The molecule has 0 saturated carbocycles. The molecule has 1 aliphatic heterocycles. The maximum Gasteiger partial charge on any atom is 0.275 e. The van der Waals surface area contributed by atoms with Crippen LogP contribution in [0.4, 0.5) is 5.69 Å². The van der Waals surface area contributed by atoms with Crippen molar-refractivity contribution in [3.05, 3.63) is 59.1 Å². The number of carbonyl (C=O) groups excluding carboxylic acids is 1. The third-order valence-corrected chi connectivity index (χ3v) is 5.10. The van der Waals surface area contributed by atoms with E-state index in [1.807, 2.05) is 36.4 Å². The summed E-state index contributed by atoms with van der Waals surface area (Å²) in [6.07, 6.45) is 0. The number of benzene rings is 2. The Bertz CT molecular complexity index is 745. The topological polar surface area (TPSA) is 46.0 Å². The number of halogens is 1. The smallest absolute Gasteiger partial charge is 0.275 e. The molecule has 2 aromatic carbocycles. The predicted molar refractivity (Wildman–Crippen MR) is 104 cm³/mol. The van der Waals surface area contributed by atoms with Crippen molar-refractivity contribution >= 4 is 23.2 Å². The number of methoxy groups -OCH3 is 1. The summed E-state index contributed by atoms with van der Waals surface area (Å²) < 4.78 is 5.30. The summed E-state index contributed by atoms with van der Waals surface area (Å²) in [6.45, 7) is 4.71. The number of nitrogens with one attached hydrogen (secondary N) is 2. The first kappa shape index (κ1) is 18.5. The van der Waals surface area contributed by atoms with Crippen LogP contribution in [0.3, 0.4) is 0 Å². The molecule has 1 fully saturated rings. The summed E-state index contributed by atoms with van der Waals surface area (Å²) in [5.74, 6) is 0.936. The van der Waals surface area contributed by atoms with E-state index >= 15 is 0 Å². The number of ether oxygens (including phenoxy) is 1. The van der Waals surface area contributed by atoms with E-state index in [9.17, 15) is 4.79 Å². The molecule has 0 atom stereocenters. The molecule has 1 saturated heterocycles. The summed E-state index contributed by atoms with van der Waals surface area (Å²) in [5.41, 5.74) is 2.12. The molecule has 0 radical (unpaired) electrons. The number of hydrogen-bond acceptors (Lipinski definition) is 3. The molecule has 0 unspecified atom stereocenters. The highest BCUT2D eigenvalue weighted by molar-refractivity contribution is 6.31. The lowest BCUT2D eigenvalue weighted by molar-refractivity contribution is -0.892. The summed E-state index contributed by atoms with van der Waals surface area (Å²) in [5, 5.41) is 3.66. The molecule has 138 valence electrons. The van der Waals surface area contributed by atoms with Crippen LogP contribution < -0.4 is 19.9 Å². The third-order valence-electron chi connectivity index (χ3n) is 4.73. The maximum atomic E-state index is 12.2. The molecule has 26 heavy (non-hydrogen) atoms. The van der Waals surface area contributed by atoms with Crippen LogP contribution in [-0.4, -0.2) is 45.7 Å². The Labute approximate surface area is 159 Å². The van der Waals surface area contributed by atoms with Crippen LogP contribution >= 0.6 is 11.6 Å².